The van der Waals surface area contributed by atoms with Crippen molar-refractivity contribution < 1.29 is 14.8 Å². The maximum Gasteiger partial charge on any atom is 0.284 e. The Balaban J connectivity index is 0.000000189. The van der Waals surface area contributed by atoms with E-state index in [4.69, 9.17) is 37.2 Å². The van der Waals surface area contributed by atoms with Gasteiger partial charge >= 0.3 is 0 Å². The molecule has 0 radical (unpaired) electrons. The number of hydrogen-bond donors (Lipinski definition) is 2. The minimum absolute atomic E-state index is 0.0689. The molecular formula is C74H41Br12I2N5O6. The quantitative estimate of drug-likeness (QED) is 0.0495. The second-order valence-electron chi connectivity index (χ2n) is 19.7. The van der Waals surface area contributed by atoms with E-state index in [9.17, 15) is 30.3 Å². The average molecular weight is 2310 g/mol. The van der Waals surface area contributed by atoms with Crippen molar-refractivity contribution in [1.82, 2.24) is 0 Å². The van der Waals surface area contributed by atoms with Crippen LogP contribution in [0.15, 0.2) is 254 Å². The first-order valence-corrected chi connectivity index (χ1v) is 39.2. The van der Waals surface area contributed by atoms with Gasteiger partial charge in [-0.1, -0.05) is 247 Å². The molecule has 0 saturated heterocycles. The summed E-state index contributed by atoms with van der Waals surface area (Å²) in [5.41, 5.74) is 25.1. The second kappa shape index (κ2) is 39.9. The molecular weight excluding hydrogens is 2270 g/mol. The molecule has 99 heavy (non-hydrogen) atoms. The molecule has 0 amide bonds. The van der Waals surface area contributed by atoms with Crippen LogP contribution in [0.3, 0.4) is 0 Å². The summed E-state index contributed by atoms with van der Waals surface area (Å²) in [6.45, 7) is 0. The number of anilines is 2. The van der Waals surface area contributed by atoms with Gasteiger partial charge in [-0.2, -0.15) is 0 Å². The first kappa shape index (κ1) is 82.6. The molecule has 0 spiro atoms. The number of hydrogen-bond acceptors (Lipinski definition) is 8. The zero-order chi connectivity index (χ0) is 72.9. The molecule has 0 saturated carbocycles. The molecule has 0 fully saturated rings. The van der Waals surface area contributed by atoms with Crippen LogP contribution in [0.4, 0.5) is 28.4 Å². The number of halogens is 14. The van der Waals surface area contributed by atoms with E-state index in [1.807, 2.05) is 109 Å². The van der Waals surface area contributed by atoms with Gasteiger partial charge < -0.3 is 11.5 Å². The van der Waals surface area contributed by atoms with Crippen molar-refractivity contribution in [3.05, 3.63) is 314 Å². The monoisotopic (exact) mass is 2300 g/mol. The molecule has 4 N–H and O–H groups in total. The van der Waals surface area contributed by atoms with Gasteiger partial charge in [-0.25, -0.2) is 0 Å². The van der Waals surface area contributed by atoms with E-state index < -0.39 is 14.8 Å². The minimum atomic E-state index is -0.564. The van der Waals surface area contributed by atoms with Crippen molar-refractivity contribution in [1.29, 1.82) is 0 Å². The maximum atomic E-state index is 11.1. The predicted molar refractivity (Wildman–Crippen MR) is 464 cm³/mol. The third-order valence-corrected chi connectivity index (χ3v) is 21.2. The van der Waals surface area contributed by atoms with E-state index in [-0.39, 0.29) is 28.2 Å². The normalized spacial score (nSPS) is 10.0. The summed E-state index contributed by atoms with van der Waals surface area (Å²) in [4.78, 5) is 31.0. The Hall–Kier alpha value is -5.32. The first-order chi connectivity index (χ1) is 47.0. The van der Waals surface area contributed by atoms with Gasteiger partial charge in [-0.3, -0.25) is 30.3 Å². The Morgan fingerprint density at radius 3 is 0.707 bits per heavy atom. The SMILES string of the molecule is Brc1ccc(-c2ccc(Br)cc2I)c(I)c1.C#Cc1cc(Br)ccc1-c1ccc(Br)cc1C#C.C#Cc1cc(Br)ccc1-c1ccc(Br)cc1C#C.Nc1cc(Br)ccc1-c1ccc(Br)cc1N.O=[N+]([O-])c1cc(Br)ccc1-c1ccc(Br)cc1[N+](=O)[O-].O=[N+]([O-])c1cc(Br)ccc1Br. The number of nitro benzene ring substituents is 3. The van der Waals surface area contributed by atoms with Crippen molar-refractivity contribution in [3.8, 4) is 105 Å². The molecule has 0 aliphatic rings. The number of benzene rings is 11. The number of terminal acetylenes is 4. The van der Waals surface area contributed by atoms with Gasteiger partial charge in [0.2, 0.25) is 0 Å². The van der Waals surface area contributed by atoms with Crippen LogP contribution in [-0.2, 0) is 0 Å². The Bertz CT molecular complexity index is 4590. The van der Waals surface area contributed by atoms with Crippen LogP contribution in [0.5, 0.6) is 0 Å². The fourth-order valence-electron chi connectivity index (χ4n) is 8.85. The van der Waals surface area contributed by atoms with E-state index in [0.717, 1.165) is 91.4 Å². The highest BCUT2D eigenvalue weighted by atomic mass is 127. The van der Waals surface area contributed by atoms with Gasteiger partial charge in [0.1, 0.15) is 0 Å². The van der Waals surface area contributed by atoms with Crippen LogP contribution in [-0.4, -0.2) is 14.8 Å². The van der Waals surface area contributed by atoms with Gasteiger partial charge in [0.05, 0.1) is 30.4 Å². The third kappa shape index (κ3) is 24.1. The Morgan fingerprint density at radius 2 is 0.475 bits per heavy atom. The molecule has 0 aliphatic carbocycles. The summed E-state index contributed by atoms with van der Waals surface area (Å²) in [5.74, 6) is 10.8. The van der Waals surface area contributed by atoms with Crippen LogP contribution >= 0.6 is 236 Å². The minimum Gasteiger partial charge on any atom is -0.398 e. The largest absolute Gasteiger partial charge is 0.398 e. The van der Waals surface area contributed by atoms with Crippen LogP contribution in [0, 0.1) is 86.9 Å². The van der Waals surface area contributed by atoms with Crippen LogP contribution in [0.2, 0.25) is 0 Å². The van der Waals surface area contributed by atoms with Gasteiger partial charge in [0, 0.05) is 119 Å². The lowest BCUT2D eigenvalue weighted by molar-refractivity contribution is -0.386. The van der Waals surface area contributed by atoms with Gasteiger partial charge in [0.15, 0.2) is 0 Å². The lowest BCUT2D eigenvalue weighted by Gasteiger charge is -2.09. The van der Waals surface area contributed by atoms with Gasteiger partial charge in [0.25, 0.3) is 17.1 Å². The number of nitro groups is 3. The Labute approximate surface area is 700 Å². The standard InChI is InChI=1S/2C16H8Br2.C12H6Br2I2.C12H6Br2N2O4.C12H10Br2N2.C6H3Br2NO2/c2*1-3-11-9-13(17)5-7-15(11)16-8-6-14(18)10-12(16)4-2;13-7-1-3-9(11(15)5-7)10-4-2-8(14)6-12(10)16;13-7-1-3-9(11(5-7)15(17)18)10-4-2-8(14)6-12(10)16(19)20;13-7-1-3-9(11(15)5-7)10-4-2-8(14)6-12(10)16;7-4-1-2-5(8)6(3-4)9(10)11/h2*1-2,5-10H;1-6H;1-6H;1-6H,15-16H2;1-3H. The molecule has 0 aromatic heterocycles. The summed E-state index contributed by atoms with van der Waals surface area (Å²) < 4.78 is 12.8. The molecule has 0 bridgehead atoms. The van der Waals surface area contributed by atoms with Gasteiger partial charge in [-0.05, 0) is 228 Å². The highest BCUT2D eigenvalue weighted by molar-refractivity contribution is 14.1. The average Bonchev–Trinajstić information content (AvgIpc) is 0.822. The van der Waals surface area contributed by atoms with E-state index >= 15 is 0 Å². The van der Waals surface area contributed by atoms with Crippen molar-refractivity contribution in [3.63, 3.8) is 0 Å². The molecule has 0 unspecified atom stereocenters. The molecule has 11 nitrogen and oxygen atoms in total. The summed E-state index contributed by atoms with van der Waals surface area (Å²) in [6.07, 6.45) is 22.2. The maximum absolute atomic E-state index is 11.1. The fourth-order valence-corrected chi connectivity index (χ4v) is 15.7. The molecule has 0 heterocycles. The summed E-state index contributed by atoms with van der Waals surface area (Å²) >= 11 is 44.6. The summed E-state index contributed by atoms with van der Waals surface area (Å²) in [5, 5.41) is 32.5. The highest BCUT2D eigenvalue weighted by Crippen LogP contribution is 2.41. The lowest BCUT2D eigenvalue weighted by atomic mass is 9.96. The second-order valence-corrected chi connectivity index (χ2v) is 33.0. The Kier molecular flexibility index (Phi) is 33.3. The van der Waals surface area contributed by atoms with Crippen LogP contribution in [0.25, 0.3) is 55.6 Å². The number of nitrogen functional groups attached to an aromatic ring is 2. The zero-order valence-electron chi connectivity index (χ0n) is 50.1. The lowest BCUT2D eigenvalue weighted by Crippen LogP contribution is -1.96. The molecule has 0 atom stereocenters. The molecule has 11 aromatic rings. The van der Waals surface area contributed by atoms with Crippen LogP contribution in [0.1, 0.15) is 22.3 Å². The highest BCUT2D eigenvalue weighted by Gasteiger charge is 2.24. The predicted octanol–water partition coefficient (Wildman–Crippen LogP) is 27.6. The zero-order valence-corrected chi connectivity index (χ0v) is 73.4. The number of nitrogens with two attached hydrogens (primary N) is 2. The summed E-state index contributed by atoms with van der Waals surface area (Å²) in [7, 11) is 0. The van der Waals surface area contributed by atoms with E-state index in [0.29, 0.717) is 29.3 Å². The van der Waals surface area contributed by atoms with Crippen molar-refractivity contribution in [2.75, 3.05) is 11.5 Å². The van der Waals surface area contributed by atoms with E-state index in [2.05, 4.69) is 296 Å². The van der Waals surface area contributed by atoms with E-state index in [1.54, 1.807) is 24.3 Å². The smallest absolute Gasteiger partial charge is 0.284 e. The van der Waals surface area contributed by atoms with E-state index in [1.165, 1.54) is 48.6 Å². The molecule has 11 aromatic carbocycles. The molecule has 25 heteroatoms. The number of nitrogens with zero attached hydrogens (tertiary/aromatic N) is 3. The number of rotatable bonds is 8. The van der Waals surface area contributed by atoms with Gasteiger partial charge in [-0.15, -0.1) is 25.7 Å². The Morgan fingerprint density at radius 1 is 0.273 bits per heavy atom. The van der Waals surface area contributed by atoms with Crippen molar-refractivity contribution in [2.24, 2.45) is 0 Å². The third-order valence-electron chi connectivity index (χ3n) is 13.3. The first-order valence-electron chi connectivity index (χ1n) is 27.5. The molecule has 0 aliphatic heterocycles. The van der Waals surface area contributed by atoms with Crippen molar-refractivity contribution in [2.45, 2.75) is 0 Å². The fraction of sp³-hybridized carbons (Fsp3) is 0. The molecule has 496 valence electrons. The topological polar surface area (TPSA) is 181 Å². The van der Waals surface area contributed by atoms with Crippen LogP contribution < -0.4 is 11.5 Å². The molecule has 11 rings (SSSR count). The van der Waals surface area contributed by atoms with Crippen molar-refractivity contribution >= 4 is 265 Å². The summed E-state index contributed by atoms with van der Waals surface area (Å²) in [6, 6.07) is 61.3.